The Morgan fingerprint density at radius 2 is 1.96 bits per heavy atom. The molecule has 7 heteroatoms. The number of carbonyl (C=O) groups excluding carboxylic acids is 1. The van der Waals surface area contributed by atoms with E-state index in [9.17, 15) is 14.3 Å². The molecule has 2 aromatic rings. The van der Waals surface area contributed by atoms with E-state index in [1.807, 2.05) is 42.5 Å². The Bertz CT molecular complexity index is 745. The van der Waals surface area contributed by atoms with E-state index in [1.165, 1.54) is 24.3 Å². The molecule has 0 saturated heterocycles. The van der Waals surface area contributed by atoms with Crippen molar-refractivity contribution < 1.29 is 19.0 Å². The Kier molecular flexibility index (Phi) is 8.88. The first-order valence-corrected chi connectivity index (χ1v) is 8.64. The first kappa shape index (κ1) is 20.9. The van der Waals surface area contributed by atoms with Crippen LogP contribution in [0.1, 0.15) is 19.4 Å². The zero-order valence-electron chi connectivity index (χ0n) is 13.8. The first-order valence-electron chi connectivity index (χ1n) is 7.56. The molecule has 0 spiro atoms. The lowest BCUT2D eigenvalue weighted by Crippen LogP contribution is -2.32. The van der Waals surface area contributed by atoms with Gasteiger partial charge in [-0.1, -0.05) is 13.8 Å². The fraction of sp³-hybridized carbons (Fsp3) is 0.222. The van der Waals surface area contributed by atoms with Crippen LogP contribution in [0.3, 0.4) is 0 Å². The highest BCUT2D eigenvalue weighted by atomic mass is 127. The first-order chi connectivity index (χ1) is 12.0. The fourth-order valence-electron chi connectivity index (χ4n) is 1.69. The number of rotatable bonds is 5. The van der Waals surface area contributed by atoms with Crippen molar-refractivity contribution in [1.29, 1.82) is 5.26 Å². The van der Waals surface area contributed by atoms with Gasteiger partial charge in [0.2, 0.25) is 0 Å². The molecule has 1 atom stereocenters. The van der Waals surface area contributed by atoms with Crippen LogP contribution in [-0.2, 0) is 4.79 Å². The number of ether oxygens (including phenoxy) is 1. The van der Waals surface area contributed by atoms with E-state index < -0.39 is 17.8 Å². The minimum absolute atomic E-state index is 0.259. The smallest absolute Gasteiger partial charge is 0.256 e. The van der Waals surface area contributed by atoms with Crippen molar-refractivity contribution in [3.63, 3.8) is 0 Å². The van der Waals surface area contributed by atoms with Gasteiger partial charge < -0.3 is 15.2 Å². The van der Waals surface area contributed by atoms with Crippen molar-refractivity contribution in [2.75, 3.05) is 11.9 Å². The number of amides is 1. The third kappa shape index (κ3) is 6.68. The minimum Gasteiger partial charge on any atom is -0.490 e. The molecule has 2 aromatic carbocycles. The number of anilines is 1. The maximum absolute atomic E-state index is 12.8. The SMILES string of the molecule is CC.N#Cc1ccc(NC(=O)[C@@H](O)COc2ccc(F)cc2)cc1I. The lowest BCUT2D eigenvalue weighted by molar-refractivity contribution is -0.125. The van der Waals surface area contributed by atoms with E-state index in [0.717, 1.165) is 0 Å². The van der Waals surface area contributed by atoms with E-state index in [0.29, 0.717) is 20.6 Å². The van der Waals surface area contributed by atoms with Gasteiger partial charge in [-0.05, 0) is 65.1 Å². The second kappa shape index (κ2) is 10.6. The summed E-state index contributed by atoms with van der Waals surface area (Å²) in [5.41, 5.74) is 0.975. The molecule has 0 saturated carbocycles. The van der Waals surface area contributed by atoms with Crippen molar-refractivity contribution in [2.24, 2.45) is 0 Å². The molecule has 0 radical (unpaired) electrons. The number of nitrogens with one attached hydrogen (secondary N) is 1. The number of carbonyl (C=O) groups is 1. The van der Waals surface area contributed by atoms with Crippen molar-refractivity contribution in [2.45, 2.75) is 20.0 Å². The molecule has 0 aliphatic rings. The number of aliphatic hydroxyl groups is 1. The summed E-state index contributed by atoms with van der Waals surface area (Å²) >= 11 is 1.99. The Labute approximate surface area is 159 Å². The van der Waals surface area contributed by atoms with Crippen LogP contribution in [0.25, 0.3) is 0 Å². The molecule has 5 nitrogen and oxygen atoms in total. The molecular formula is C18H18FIN2O3. The minimum atomic E-state index is -1.38. The van der Waals surface area contributed by atoms with Crippen LogP contribution in [-0.4, -0.2) is 23.7 Å². The molecular weight excluding hydrogens is 438 g/mol. The number of benzene rings is 2. The average molecular weight is 456 g/mol. The normalized spacial score (nSPS) is 10.7. The van der Waals surface area contributed by atoms with Crippen LogP contribution in [0.15, 0.2) is 42.5 Å². The molecule has 25 heavy (non-hydrogen) atoms. The van der Waals surface area contributed by atoms with Crippen LogP contribution < -0.4 is 10.1 Å². The zero-order chi connectivity index (χ0) is 18.8. The van der Waals surface area contributed by atoms with E-state index in [2.05, 4.69) is 5.32 Å². The van der Waals surface area contributed by atoms with Gasteiger partial charge in [0.15, 0.2) is 6.10 Å². The van der Waals surface area contributed by atoms with E-state index in [-0.39, 0.29) is 6.61 Å². The Morgan fingerprint density at radius 1 is 1.32 bits per heavy atom. The summed E-state index contributed by atoms with van der Waals surface area (Å²) in [7, 11) is 0. The molecule has 0 unspecified atom stereocenters. The molecule has 0 aliphatic carbocycles. The van der Waals surface area contributed by atoms with Gasteiger partial charge in [0.05, 0.1) is 5.56 Å². The van der Waals surface area contributed by atoms with Gasteiger partial charge >= 0.3 is 0 Å². The number of hydrogen-bond acceptors (Lipinski definition) is 4. The van der Waals surface area contributed by atoms with E-state index in [1.54, 1.807) is 18.2 Å². The van der Waals surface area contributed by atoms with Gasteiger partial charge in [-0.3, -0.25) is 4.79 Å². The van der Waals surface area contributed by atoms with E-state index in [4.69, 9.17) is 10.00 Å². The topological polar surface area (TPSA) is 82.4 Å². The number of aliphatic hydroxyl groups excluding tert-OH is 1. The van der Waals surface area contributed by atoms with Crippen molar-refractivity contribution in [3.05, 3.63) is 57.4 Å². The summed E-state index contributed by atoms with van der Waals surface area (Å²) < 4.78 is 18.7. The molecule has 1 amide bonds. The number of nitriles is 1. The molecule has 0 heterocycles. The van der Waals surface area contributed by atoms with Gasteiger partial charge in [-0.25, -0.2) is 4.39 Å². The predicted octanol–water partition coefficient (Wildman–Crippen LogP) is 3.71. The summed E-state index contributed by atoms with van der Waals surface area (Å²) in [6.07, 6.45) is -1.38. The average Bonchev–Trinajstić information content (AvgIpc) is 2.63. The van der Waals surface area contributed by atoms with Gasteiger partial charge in [0.1, 0.15) is 24.2 Å². The van der Waals surface area contributed by atoms with Crippen molar-refractivity contribution >= 4 is 34.2 Å². The number of nitrogens with zero attached hydrogens (tertiary/aromatic N) is 1. The van der Waals surface area contributed by atoms with Crippen molar-refractivity contribution in [1.82, 2.24) is 0 Å². The van der Waals surface area contributed by atoms with Crippen LogP contribution in [0.4, 0.5) is 10.1 Å². The molecule has 0 bridgehead atoms. The standard InChI is InChI=1S/C16H12FIN2O3.C2H6/c17-11-2-5-13(6-3-11)23-9-15(21)16(22)20-12-4-1-10(8-19)14(18)7-12;1-2/h1-7,15,21H,9H2,(H,20,22);1-2H3/t15-;/m0./s1. The van der Waals surface area contributed by atoms with Gasteiger partial charge in [-0.2, -0.15) is 5.26 Å². The molecule has 0 aliphatic heterocycles. The molecule has 132 valence electrons. The summed E-state index contributed by atoms with van der Waals surface area (Å²) in [4.78, 5) is 11.9. The second-order valence-corrected chi connectivity index (χ2v) is 5.74. The number of halogens is 2. The molecule has 2 rings (SSSR count). The summed E-state index contributed by atoms with van der Waals surface area (Å²) in [6, 6.07) is 12.1. The third-order valence-electron chi connectivity index (χ3n) is 2.88. The monoisotopic (exact) mass is 456 g/mol. The quantitative estimate of drug-likeness (QED) is 0.673. The summed E-state index contributed by atoms with van der Waals surface area (Å²) in [5.74, 6) is -0.676. The van der Waals surface area contributed by atoms with Crippen molar-refractivity contribution in [3.8, 4) is 11.8 Å². The lowest BCUT2D eigenvalue weighted by Gasteiger charge is -2.13. The lowest BCUT2D eigenvalue weighted by atomic mass is 10.2. The highest BCUT2D eigenvalue weighted by molar-refractivity contribution is 14.1. The maximum Gasteiger partial charge on any atom is 0.256 e. The highest BCUT2D eigenvalue weighted by Gasteiger charge is 2.16. The summed E-state index contributed by atoms with van der Waals surface area (Å²) in [5, 5.41) is 21.2. The maximum atomic E-state index is 12.8. The van der Waals surface area contributed by atoms with Crippen LogP contribution in [0, 0.1) is 20.7 Å². The molecule has 2 N–H and O–H groups in total. The predicted molar refractivity (Wildman–Crippen MR) is 102 cm³/mol. The highest BCUT2D eigenvalue weighted by Crippen LogP contribution is 2.17. The van der Waals surface area contributed by atoms with Gasteiger partial charge in [0.25, 0.3) is 5.91 Å². The van der Waals surface area contributed by atoms with Gasteiger partial charge in [-0.15, -0.1) is 0 Å². The third-order valence-corrected chi connectivity index (χ3v) is 3.77. The van der Waals surface area contributed by atoms with Crippen LogP contribution in [0.2, 0.25) is 0 Å². The fourth-order valence-corrected chi connectivity index (χ4v) is 2.33. The van der Waals surface area contributed by atoms with Crippen LogP contribution >= 0.6 is 22.6 Å². The zero-order valence-corrected chi connectivity index (χ0v) is 16.0. The Hall–Kier alpha value is -2.18. The largest absolute Gasteiger partial charge is 0.490 e. The van der Waals surface area contributed by atoms with Gasteiger partial charge in [0, 0.05) is 9.26 Å². The summed E-state index contributed by atoms with van der Waals surface area (Å²) in [6.45, 7) is 3.74. The second-order valence-electron chi connectivity index (χ2n) is 4.58. The Balaban J connectivity index is 0.00000151. The molecule has 0 aromatic heterocycles. The molecule has 0 fully saturated rings. The number of hydrogen-bond donors (Lipinski definition) is 2. The van der Waals surface area contributed by atoms with E-state index >= 15 is 0 Å². The Morgan fingerprint density at radius 3 is 2.52 bits per heavy atom. The van der Waals surface area contributed by atoms with Crippen LogP contribution in [0.5, 0.6) is 5.75 Å².